The van der Waals surface area contributed by atoms with Crippen LogP contribution in [0.4, 0.5) is 5.82 Å². The number of hydrogen-bond acceptors (Lipinski definition) is 4. The van der Waals surface area contributed by atoms with Crippen LogP contribution in [0.5, 0.6) is 0 Å². The van der Waals surface area contributed by atoms with Crippen molar-refractivity contribution in [2.75, 3.05) is 5.32 Å². The van der Waals surface area contributed by atoms with Crippen molar-refractivity contribution in [3.63, 3.8) is 0 Å². The number of nitrogens with two attached hydrogens (primary N) is 2. The van der Waals surface area contributed by atoms with Gasteiger partial charge in [0.05, 0.1) is 5.56 Å². The van der Waals surface area contributed by atoms with Crippen molar-refractivity contribution in [3.05, 3.63) is 47.7 Å². The predicted molar refractivity (Wildman–Crippen MR) is 77.4 cm³/mol. The summed E-state index contributed by atoms with van der Waals surface area (Å²) in [5, 5.41) is 3.21. The van der Waals surface area contributed by atoms with E-state index in [-0.39, 0.29) is 0 Å². The number of aryl methyl sites for hydroxylation is 1. The highest BCUT2D eigenvalue weighted by Gasteiger charge is 2.28. The van der Waals surface area contributed by atoms with Crippen molar-refractivity contribution in [1.82, 2.24) is 4.57 Å². The second-order valence-corrected chi connectivity index (χ2v) is 5.00. The fourth-order valence-corrected chi connectivity index (χ4v) is 2.38. The molecule has 1 aromatic carbocycles. The lowest BCUT2D eigenvalue weighted by molar-refractivity contribution is 0.557. The van der Waals surface area contributed by atoms with E-state index >= 15 is 0 Å². The zero-order valence-corrected chi connectivity index (χ0v) is 11.0. The van der Waals surface area contributed by atoms with E-state index in [1.807, 2.05) is 24.4 Å². The van der Waals surface area contributed by atoms with Crippen molar-refractivity contribution in [2.45, 2.75) is 19.6 Å². The average Bonchev–Trinajstić information content (AvgIpc) is 2.72. The van der Waals surface area contributed by atoms with Crippen molar-refractivity contribution < 1.29 is 0 Å². The molecule has 0 radical (unpaired) electrons. The molecule has 2 aromatic rings. The molecule has 5 nitrogen and oxygen atoms in total. The number of anilines is 1. The summed E-state index contributed by atoms with van der Waals surface area (Å²) in [5.41, 5.74) is 15.2. The third kappa shape index (κ3) is 1.88. The molecule has 0 spiro atoms. The van der Waals surface area contributed by atoms with Gasteiger partial charge in [0, 0.05) is 11.9 Å². The molecule has 0 saturated heterocycles. The normalized spacial score (nSPS) is 21.5. The van der Waals surface area contributed by atoms with Gasteiger partial charge in [-0.15, -0.1) is 0 Å². The van der Waals surface area contributed by atoms with Crippen molar-refractivity contribution in [1.29, 1.82) is 0 Å². The van der Waals surface area contributed by atoms with E-state index in [1.165, 1.54) is 5.56 Å². The number of nitrogens with zero attached hydrogens (tertiary/aromatic N) is 2. The molecule has 1 aliphatic rings. The van der Waals surface area contributed by atoms with Crippen LogP contribution in [0, 0.1) is 6.92 Å². The molecule has 5 N–H and O–H groups in total. The summed E-state index contributed by atoms with van der Waals surface area (Å²) in [5.74, 6) is 0.466. The first-order chi connectivity index (χ1) is 8.98. The monoisotopic (exact) mass is 255 g/mol. The van der Waals surface area contributed by atoms with E-state index in [4.69, 9.17) is 11.5 Å². The van der Waals surface area contributed by atoms with Gasteiger partial charge < -0.3 is 15.6 Å². The average molecular weight is 255 g/mol. The Kier molecular flexibility index (Phi) is 2.40. The molecule has 0 bridgehead atoms. The minimum absolute atomic E-state index is 0.464. The lowest BCUT2D eigenvalue weighted by Gasteiger charge is -2.29. The fourth-order valence-electron chi connectivity index (χ4n) is 2.38. The molecule has 1 atom stereocenters. The molecule has 0 amide bonds. The summed E-state index contributed by atoms with van der Waals surface area (Å²) in [6.07, 6.45) is 1.98. The highest BCUT2D eigenvalue weighted by Crippen LogP contribution is 2.29. The van der Waals surface area contributed by atoms with Crippen LogP contribution < -0.4 is 16.8 Å². The van der Waals surface area contributed by atoms with Crippen molar-refractivity contribution in [2.24, 2.45) is 16.5 Å². The maximum absolute atomic E-state index is 6.04. The lowest BCUT2D eigenvalue weighted by atomic mass is 10.2. The Morgan fingerprint density at radius 1 is 1.26 bits per heavy atom. The minimum atomic E-state index is -0.879. The molecule has 19 heavy (non-hydrogen) atoms. The third-order valence-electron chi connectivity index (χ3n) is 3.26. The topological polar surface area (TPSA) is 81.4 Å². The molecule has 0 aliphatic carbocycles. The molecule has 1 aromatic heterocycles. The Morgan fingerprint density at radius 3 is 2.74 bits per heavy atom. The van der Waals surface area contributed by atoms with Crippen LogP contribution in [0.15, 0.2) is 41.5 Å². The van der Waals surface area contributed by atoms with Gasteiger partial charge in [-0.05, 0) is 31.5 Å². The highest BCUT2D eigenvalue weighted by molar-refractivity contribution is 6.04. The van der Waals surface area contributed by atoms with Crippen molar-refractivity contribution >= 4 is 11.7 Å². The van der Waals surface area contributed by atoms with Crippen LogP contribution in [-0.4, -0.2) is 16.2 Å². The zero-order chi connectivity index (χ0) is 13.6. The maximum Gasteiger partial charge on any atom is 0.182 e. The van der Waals surface area contributed by atoms with E-state index in [0.29, 0.717) is 5.84 Å². The molecule has 2 heterocycles. The molecular formula is C14H17N5. The number of hydrogen-bond donors (Lipinski definition) is 3. The first kappa shape index (κ1) is 11.8. The lowest BCUT2D eigenvalue weighted by Crippen LogP contribution is -2.47. The fraction of sp³-hybridized carbons (Fsp3) is 0.214. The van der Waals surface area contributed by atoms with Crippen molar-refractivity contribution in [3.8, 4) is 5.69 Å². The summed E-state index contributed by atoms with van der Waals surface area (Å²) in [7, 11) is 0. The standard InChI is InChI=1S/C14H17N5/c1-9-5-3-4-6-11(9)19-8-7-10-12(15)17-14(2,16)18-13(10)19/h3-8,18H,16H2,1-2H3,(H2,15,17). The second-order valence-electron chi connectivity index (χ2n) is 5.00. The Hall–Kier alpha value is -2.27. The summed E-state index contributed by atoms with van der Waals surface area (Å²) in [6, 6.07) is 10.1. The summed E-state index contributed by atoms with van der Waals surface area (Å²) in [6.45, 7) is 3.86. The smallest absolute Gasteiger partial charge is 0.182 e. The van der Waals surface area contributed by atoms with Crippen LogP contribution in [-0.2, 0) is 0 Å². The summed E-state index contributed by atoms with van der Waals surface area (Å²) >= 11 is 0. The predicted octanol–water partition coefficient (Wildman–Crippen LogP) is 1.55. The molecule has 0 fully saturated rings. The van der Waals surface area contributed by atoms with E-state index in [9.17, 15) is 0 Å². The van der Waals surface area contributed by atoms with Crippen LogP contribution in [0.3, 0.4) is 0 Å². The number of benzene rings is 1. The van der Waals surface area contributed by atoms with E-state index in [0.717, 1.165) is 17.1 Å². The van der Waals surface area contributed by atoms with Crippen LogP contribution in [0.2, 0.25) is 0 Å². The van der Waals surface area contributed by atoms with E-state index in [2.05, 4.69) is 33.9 Å². The Morgan fingerprint density at radius 2 is 2.00 bits per heavy atom. The quantitative estimate of drug-likeness (QED) is 0.723. The SMILES string of the molecule is Cc1ccccc1-n1ccc2c1NC(C)(N)N=C2N. The molecule has 3 rings (SSSR count). The number of fused-ring (bicyclic) bond motifs is 1. The number of amidine groups is 1. The van der Waals surface area contributed by atoms with Gasteiger partial charge in [-0.25, -0.2) is 4.99 Å². The molecule has 0 saturated carbocycles. The Labute approximate surface area is 111 Å². The van der Waals surface area contributed by atoms with Gasteiger partial charge in [-0.3, -0.25) is 5.73 Å². The first-order valence-corrected chi connectivity index (χ1v) is 6.18. The zero-order valence-electron chi connectivity index (χ0n) is 11.0. The van der Waals surface area contributed by atoms with Gasteiger partial charge in [-0.1, -0.05) is 18.2 Å². The Balaban J connectivity index is 2.19. The maximum atomic E-state index is 6.04. The number of rotatable bonds is 1. The number of para-hydroxylation sites is 1. The van der Waals surface area contributed by atoms with E-state index in [1.54, 1.807) is 6.92 Å². The molecule has 1 unspecified atom stereocenters. The van der Waals surface area contributed by atoms with Gasteiger partial charge in [-0.2, -0.15) is 0 Å². The number of nitrogens with one attached hydrogen (secondary N) is 1. The van der Waals surface area contributed by atoms with Crippen LogP contribution >= 0.6 is 0 Å². The number of aliphatic imine (C=N–C) groups is 1. The molecular weight excluding hydrogens is 238 g/mol. The highest BCUT2D eigenvalue weighted by atomic mass is 15.3. The van der Waals surface area contributed by atoms with Gasteiger partial charge in [0.1, 0.15) is 11.7 Å². The van der Waals surface area contributed by atoms with Gasteiger partial charge in [0.25, 0.3) is 0 Å². The molecule has 5 heteroatoms. The van der Waals surface area contributed by atoms with E-state index < -0.39 is 5.79 Å². The van der Waals surface area contributed by atoms with Gasteiger partial charge in [0.15, 0.2) is 5.79 Å². The summed E-state index contributed by atoms with van der Waals surface area (Å²) < 4.78 is 2.05. The second kappa shape index (κ2) is 3.86. The molecule has 98 valence electrons. The third-order valence-corrected chi connectivity index (χ3v) is 3.26. The number of aromatic nitrogens is 1. The largest absolute Gasteiger partial charge is 0.383 e. The molecule has 1 aliphatic heterocycles. The van der Waals surface area contributed by atoms with Crippen LogP contribution in [0.1, 0.15) is 18.1 Å². The Bertz CT molecular complexity index is 666. The summed E-state index contributed by atoms with van der Waals surface area (Å²) in [4.78, 5) is 4.23. The van der Waals surface area contributed by atoms with Gasteiger partial charge >= 0.3 is 0 Å². The first-order valence-electron chi connectivity index (χ1n) is 6.18. The minimum Gasteiger partial charge on any atom is -0.383 e. The van der Waals surface area contributed by atoms with Crippen LogP contribution in [0.25, 0.3) is 5.69 Å². The van der Waals surface area contributed by atoms with Gasteiger partial charge in [0.2, 0.25) is 0 Å².